The van der Waals surface area contributed by atoms with Crippen molar-refractivity contribution in [2.24, 2.45) is 0 Å². The number of unbranched alkanes of at least 4 members (excludes halogenated alkanes) is 1. The number of likely N-dealkylation sites (tertiary alicyclic amines) is 1. The van der Waals surface area contributed by atoms with Gasteiger partial charge in [-0.15, -0.1) is 0 Å². The molecule has 1 aromatic rings. The molecule has 0 radical (unpaired) electrons. The fourth-order valence-corrected chi connectivity index (χ4v) is 2.53. The molecule has 0 aromatic heterocycles. The molecule has 4 heteroatoms. The first-order chi connectivity index (χ1) is 9.75. The number of ketones is 1. The van der Waals surface area contributed by atoms with Crippen LogP contribution < -0.4 is 5.32 Å². The number of carbonyl (C=O) groups is 1. The maximum Gasteiger partial charge on any atom is 0.176 e. The molecule has 1 saturated heterocycles. The van der Waals surface area contributed by atoms with E-state index in [0.717, 1.165) is 13.0 Å². The van der Waals surface area contributed by atoms with E-state index in [-0.39, 0.29) is 11.6 Å². The number of rotatable bonds is 8. The molecule has 20 heavy (non-hydrogen) atoms. The number of carbonyl (C=O) groups excluding carboxylic acids is 1. The van der Waals surface area contributed by atoms with Gasteiger partial charge in [0.2, 0.25) is 0 Å². The summed E-state index contributed by atoms with van der Waals surface area (Å²) in [6, 6.07) is 5.71. The van der Waals surface area contributed by atoms with E-state index in [1.165, 1.54) is 63.2 Å². The van der Waals surface area contributed by atoms with Crippen molar-refractivity contribution in [3.63, 3.8) is 0 Å². The molecule has 0 aliphatic carbocycles. The molecule has 0 amide bonds. The van der Waals surface area contributed by atoms with Gasteiger partial charge in [-0.1, -0.05) is 0 Å². The van der Waals surface area contributed by atoms with Crippen LogP contribution >= 0.6 is 0 Å². The topological polar surface area (TPSA) is 32.3 Å². The third kappa shape index (κ3) is 5.02. The van der Waals surface area contributed by atoms with E-state index < -0.39 is 0 Å². The van der Waals surface area contributed by atoms with E-state index in [2.05, 4.69) is 10.2 Å². The van der Waals surface area contributed by atoms with Crippen LogP contribution in [0.15, 0.2) is 24.3 Å². The first-order valence-electron chi connectivity index (χ1n) is 7.47. The molecule has 1 aromatic carbocycles. The van der Waals surface area contributed by atoms with Gasteiger partial charge >= 0.3 is 0 Å². The van der Waals surface area contributed by atoms with Crippen molar-refractivity contribution in [1.82, 2.24) is 10.2 Å². The number of Topliss-reactive ketones (excluding diaryl/α,β-unsaturated/α-hetero) is 1. The molecular weight excluding hydrogens is 255 g/mol. The van der Waals surface area contributed by atoms with E-state index in [4.69, 9.17) is 0 Å². The van der Waals surface area contributed by atoms with Crippen molar-refractivity contribution in [3.05, 3.63) is 35.6 Å². The Hall–Kier alpha value is -1.26. The molecule has 0 saturated carbocycles. The summed E-state index contributed by atoms with van der Waals surface area (Å²) in [7, 11) is 0. The molecule has 3 nitrogen and oxygen atoms in total. The maximum atomic E-state index is 12.7. The zero-order valence-corrected chi connectivity index (χ0v) is 11.9. The predicted molar refractivity (Wildman–Crippen MR) is 78.5 cm³/mol. The second kappa shape index (κ2) is 8.12. The van der Waals surface area contributed by atoms with Crippen molar-refractivity contribution in [3.8, 4) is 0 Å². The van der Waals surface area contributed by atoms with Gasteiger partial charge in [-0.3, -0.25) is 4.79 Å². The Kier molecular flexibility index (Phi) is 6.15. The Morgan fingerprint density at radius 1 is 1.15 bits per heavy atom. The highest BCUT2D eigenvalue weighted by molar-refractivity contribution is 5.97. The number of halogens is 1. The Morgan fingerprint density at radius 3 is 2.55 bits per heavy atom. The molecule has 0 unspecified atom stereocenters. The number of nitrogens with one attached hydrogen (secondary N) is 1. The molecule has 1 fully saturated rings. The lowest BCUT2D eigenvalue weighted by Gasteiger charge is -2.13. The Bertz CT molecular complexity index is 413. The average molecular weight is 278 g/mol. The van der Waals surface area contributed by atoms with Crippen LogP contribution in [0.3, 0.4) is 0 Å². The molecule has 110 valence electrons. The highest BCUT2D eigenvalue weighted by atomic mass is 19.1. The van der Waals surface area contributed by atoms with Crippen LogP contribution in [-0.4, -0.2) is 43.4 Å². The SMILES string of the molecule is O=C(CNCCCCN1CCCC1)c1ccc(F)cc1. The van der Waals surface area contributed by atoms with Crippen LogP contribution in [0.1, 0.15) is 36.0 Å². The van der Waals surface area contributed by atoms with Crippen molar-refractivity contribution in [1.29, 1.82) is 0 Å². The van der Waals surface area contributed by atoms with E-state index in [1.807, 2.05) is 0 Å². The number of hydrogen-bond acceptors (Lipinski definition) is 3. The molecule has 0 atom stereocenters. The van der Waals surface area contributed by atoms with Gasteiger partial charge < -0.3 is 10.2 Å². The molecule has 2 rings (SSSR count). The second-order valence-electron chi connectivity index (χ2n) is 5.36. The van der Waals surface area contributed by atoms with Gasteiger partial charge in [0.25, 0.3) is 0 Å². The second-order valence-corrected chi connectivity index (χ2v) is 5.36. The van der Waals surface area contributed by atoms with Crippen LogP contribution in [0.25, 0.3) is 0 Å². The van der Waals surface area contributed by atoms with Gasteiger partial charge in [-0.25, -0.2) is 4.39 Å². The smallest absolute Gasteiger partial charge is 0.176 e. The van der Waals surface area contributed by atoms with E-state index >= 15 is 0 Å². The average Bonchev–Trinajstić information content (AvgIpc) is 2.96. The zero-order valence-electron chi connectivity index (χ0n) is 11.9. The number of benzene rings is 1. The highest BCUT2D eigenvalue weighted by Crippen LogP contribution is 2.08. The third-order valence-electron chi connectivity index (χ3n) is 3.73. The summed E-state index contributed by atoms with van der Waals surface area (Å²) in [6.45, 7) is 4.86. The molecule has 1 aliphatic heterocycles. The van der Waals surface area contributed by atoms with Crippen LogP contribution in [0, 0.1) is 5.82 Å². The van der Waals surface area contributed by atoms with Gasteiger partial charge in [-0.2, -0.15) is 0 Å². The van der Waals surface area contributed by atoms with Gasteiger partial charge in [-0.05, 0) is 76.1 Å². The molecule has 0 spiro atoms. The summed E-state index contributed by atoms with van der Waals surface area (Å²) in [6.07, 6.45) is 4.94. The van der Waals surface area contributed by atoms with Crippen LogP contribution in [-0.2, 0) is 0 Å². The lowest BCUT2D eigenvalue weighted by atomic mass is 10.1. The Morgan fingerprint density at radius 2 is 1.85 bits per heavy atom. The van der Waals surface area contributed by atoms with Crippen molar-refractivity contribution in [2.45, 2.75) is 25.7 Å². The summed E-state index contributed by atoms with van der Waals surface area (Å²) in [4.78, 5) is 14.3. The summed E-state index contributed by atoms with van der Waals surface area (Å²) >= 11 is 0. The minimum Gasteiger partial charge on any atom is -0.310 e. The fraction of sp³-hybridized carbons (Fsp3) is 0.562. The van der Waals surface area contributed by atoms with Crippen molar-refractivity contribution in [2.75, 3.05) is 32.7 Å². The summed E-state index contributed by atoms with van der Waals surface area (Å²) < 4.78 is 12.7. The van der Waals surface area contributed by atoms with Crippen LogP contribution in [0.2, 0.25) is 0 Å². The summed E-state index contributed by atoms with van der Waals surface area (Å²) in [5.41, 5.74) is 0.566. The standard InChI is InChI=1S/C16H23FN2O/c17-15-7-5-14(6-8-15)16(20)13-18-9-1-2-10-19-11-3-4-12-19/h5-8,18H,1-4,9-13H2. The first kappa shape index (κ1) is 15.1. The molecule has 1 aliphatic rings. The molecule has 1 N–H and O–H groups in total. The largest absolute Gasteiger partial charge is 0.310 e. The van der Waals surface area contributed by atoms with E-state index in [9.17, 15) is 9.18 Å². The van der Waals surface area contributed by atoms with Gasteiger partial charge in [0.1, 0.15) is 5.82 Å². The lowest BCUT2D eigenvalue weighted by Crippen LogP contribution is -2.25. The van der Waals surface area contributed by atoms with E-state index in [1.54, 1.807) is 0 Å². The minimum atomic E-state index is -0.309. The lowest BCUT2D eigenvalue weighted by molar-refractivity contribution is 0.0991. The molecule has 0 bridgehead atoms. The Labute approximate surface area is 120 Å². The normalized spacial score (nSPS) is 15.7. The first-order valence-corrected chi connectivity index (χ1v) is 7.47. The summed E-state index contributed by atoms with van der Waals surface area (Å²) in [5.74, 6) is -0.291. The maximum absolute atomic E-state index is 12.7. The Balaban J connectivity index is 1.54. The van der Waals surface area contributed by atoms with Crippen LogP contribution in [0.5, 0.6) is 0 Å². The van der Waals surface area contributed by atoms with Crippen molar-refractivity contribution >= 4 is 5.78 Å². The third-order valence-corrected chi connectivity index (χ3v) is 3.73. The van der Waals surface area contributed by atoms with Gasteiger partial charge in [0.15, 0.2) is 5.78 Å². The highest BCUT2D eigenvalue weighted by Gasteiger charge is 2.10. The van der Waals surface area contributed by atoms with Gasteiger partial charge in [0.05, 0.1) is 6.54 Å². The minimum absolute atomic E-state index is 0.0181. The summed E-state index contributed by atoms with van der Waals surface area (Å²) in [5, 5.41) is 3.16. The molecule has 1 heterocycles. The monoisotopic (exact) mass is 278 g/mol. The van der Waals surface area contributed by atoms with Gasteiger partial charge in [0, 0.05) is 5.56 Å². The zero-order chi connectivity index (χ0) is 14.2. The number of hydrogen-bond donors (Lipinski definition) is 1. The molecular formula is C16H23FN2O. The van der Waals surface area contributed by atoms with Crippen molar-refractivity contribution < 1.29 is 9.18 Å². The van der Waals surface area contributed by atoms with Crippen LogP contribution in [0.4, 0.5) is 4.39 Å². The van der Waals surface area contributed by atoms with E-state index in [0.29, 0.717) is 12.1 Å². The fourth-order valence-electron chi connectivity index (χ4n) is 2.53. The quantitative estimate of drug-likeness (QED) is 0.585. The predicted octanol–water partition coefficient (Wildman–Crippen LogP) is 2.47. The number of nitrogens with zero attached hydrogens (tertiary/aromatic N) is 1.